The molecular weight excluding hydrogens is 318 g/mol. The highest BCUT2D eigenvalue weighted by Gasteiger charge is 2.14. The molecule has 0 aliphatic heterocycles. The normalized spacial score (nSPS) is 10.3. The maximum atomic E-state index is 11.4. The summed E-state index contributed by atoms with van der Waals surface area (Å²) in [5.74, 6) is 1.30. The largest absolute Gasteiger partial charge is 0.454 e. The Morgan fingerprint density at radius 1 is 1.27 bits per heavy atom. The summed E-state index contributed by atoms with van der Waals surface area (Å²) in [6, 6.07) is 12.8. The molecule has 0 saturated carbocycles. The van der Waals surface area contributed by atoms with Gasteiger partial charge in [-0.25, -0.2) is 0 Å². The van der Waals surface area contributed by atoms with Crippen LogP contribution in [-0.4, -0.2) is 11.8 Å². The van der Waals surface area contributed by atoms with E-state index in [1.165, 1.54) is 0 Å². The number of para-hydroxylation sites is 1. The zero-order valence-corrected chi connectivity index (χ0v) is 14.0. The minimum atomic E-state index is -0.514. The van der Waals surface area contributed by atoms with Crippen molar-refractivity contribution in [3.05, 3.63) is 48.0 Å². The van der Waals surface area contributed by atoms with Crippen LogP contribution in [0.4, 0.5) is 5.69 Å². The van der Waals surface area contributed by atoms with Crippen LogP contribution in [0.3, 0.4) is 0 Å². The van der Waals surface area contributed by atoms with E-state index in [1.54, 1.807) is 12.1 Å². The van der Waals surface area contributed by atoms with Gasteiger partial charge in [-0.3, -0.25) is 4.79 Å². The second-order valence-electron chi connectivity index (χ2n) is 4.84. The molecule has 0 atom stereocenters. The van der Waals surface area contributed by atoms with Crippen LogP contribution < -0.4 is 10.1 Å². The van der Waals surface area contributed by atoms with Crippen LogP contribution in [0, 0.1) is 0 Å². The third-order valence-corrected chi connectivity index (χ3v) is 3.66. The van der Waals surface area contributed by atoms with Crippen molar-refractivity contribution in [2.24, 2.45) is 0 Å². The molecule has 116 valence electrons. The number of hydrogen-bond donors (Lipinski definition) is 2. The summed E-state index contributed by atoms with van der Waals surface area (Å²) >= 11 is 10.0. The fourth-order valence-electron chi connectivity index (χ4n) is 1.97. The van der Waals surface area contributed by atoms with Gasteiger partial charge in [0.2, 0.25) is 0 Å². The Balaban J connectivity index is 2.34. The van der Waals surface area contributed by atoms with E-state index in [1.807, 2.05) is 30.3 Å². The number of benzene rings is 2. The van der Waals surface area contributed by atoms with E-state index in [9.17, 15) is 4.79 Å². The van der Waals surface area contributed by atoms with E-state index in [2.05, 4.69) is 24.9 Å². The number of thiol groups is 1. The first-order valence-corrected chi connectivity index (χ1v) is 7.98. The van der Waals surface area contributed by atoms with E-state index in [0.717, 1.165) is 19.4 Å². The fourth-order valence-corrected chi connectivity index (χ4v) is 2.39. The average Bonchev–Trinajstić information content (AvgIpc) is 2.51. The lowest BCUT2D eigenvalue weighted by molar-refractivity contribution is 0.108. The highest BCUT2D eigenvalue weighted by atomic mass is 35.5. The van der Waals surface area contributed by atoms with Gasteiger partial charge in [0.05, 0.1) is 5.69 Å². The third-order valence-electron chi connectivity index (χ3n) is 3.11. The number of halogens is 1. The summed E-state index contributed by atoms with van der Waals surface area (Å²) in [5, 5.41) is 2.77. The van der Waals surface area contributed by atoms with E-state index < -0.39 is 5.24 Å². The van der Waals surface area contributed by atoms with E-state index in [4.69, 9.17) is 16.3 Å². The molecule has 0 heterocycles. The van der Waals surface area contributed by atoms with Gasteiger partial charge in [0, 0.05) is 17.0 Å². The van der Waals surface area contributed by atoms with Crippen molar-refractivity contribution in [3.8, 4) is 11.5 Å². The van der Waals surface area contributed by atoms with Crippen molar-refractivity contribution in [1.29, 1.82) is 0 Å². The van der Waals surface area contributed by atoms with Gasteiger partial charge in [-0.1, -0.05) is 31.5 Å². The van der Waals surface area contributed by atoms with Crippen LogP contribution in [-0.2, 0) is 0 Å². The summed E-state index contributed by atoms with van der Waals surface area (Å²) < 4.78 is 5.91. The van der Waals surface area contributed by atoms with Gasteiger partial charge >= 0.3 is 0 Å². The SMILES string of the molecule is CCCCNc1cc(C(=O)Cl)cc(S)c1Oc1ccccc1. The summed E-state index contributed by atoms with van der Waals surface area (Å²) in [5.41, 5.74) is 1.11. The zero-order chi connectivity index (χ0) is 15.9. The quantitative estimate of drug-likeness (QED) is 0.406. The number of carbonyl (C=O) groups excluding carboxylic acids is 1. The second kappa shape index (κ2) is 8.11. The molecule has 1 N–H and O–H groups in total. The molecule has 0 aliphatic rings. The Morgan fingerprint density at radius 2 is 2.00 bits per heavy atom. The maximum Gasteiger partial charge on any atom is 0.252 e. The number of unbranched alkanes of at least 4 members (excludes halogenated alkanes) is 1. The number of carbonyl (C=O) groups is 1. The van der Waals surface area contributed by atoms with Crippen LogP contribution >= 0.6 is 24.2 Å². The summed E-state index contributed by atoms with van der Waals surface area (Å²) in [7, 11) is 0. The lowest BCUT2D eigenvalue weighted by Crippen LogP contribution is -2.04. The standard InChI is InChI=1S/C17H18ClNO2S/c1-2-3-9-19-14-10-12(17(18)20)11-15(22)16(14)21-13-7-5-4-6-8-13/h4-8,10-11,19,22H,2-3,9H2,1H3. The average molecular weight is 336 g/mol. The lowest BCUT2D eigenvalue weighted by atomic mass is 10.2. The van der Waals surface area contributed by atoms with Crippen molar-refractivity contribution in [2.75, 3.05) is 11.9 Å². The summed E-state index contributed by atoms with van der Waals surface area (Å²) in [6.07, 6.45) is 2.09. The molecule has 2 aromatic carbocycles. The molecule has 2 rings (SSSR count). The van der Waals surface area contributed by atoms with Crippen LogP contribution in [0.25, 0.3) is 0 Å². The van der Waals surface area contributed by atoms with Gasteiger partial charge in [-0.2, -0.15) is 0 Å². The molecule has 0 bridgehead atoms. The number of ether oxygens (including phenoxy) is 1. The highest BCUT2D eigenvalue weighted by molar-refractivity contribution is 7.80. The van der Waals surface area contributed by atoms with E-state index in [-0.39, 0.29) is 0 Å². The number of hydrogen-bond acceptors (Lipinski definition) is 4. The Morgan fingerprint density at radius 3 is 2.64 bits per heavy atom. The first-order valence-electron chi connectivity index (χ1n) is 7.15. The van der Waals surface area contributed by atoms with Gasteiger partial charge < -0.3 is 10.1 Å². The second-order valence-corrected chi connectivity index (χ2v) is 5.67. The van der Waals surface area contributed by atoms with Gasteiger partial charge in [-0.15, -0.1) is 12.6 Å². The number of anilines is 1. The molecule has 5 heteroatoms. The molecular formula is C17H18ClNO2S. The molecule has 0 amide bonds. The topological polar surface area (TPSA) is 38.3 Å². The molecule has 0 aliphatic carbocycles. The molecule has 0 aromatic heterocycles. The van der Waals surface area contributed by atoms with Crippen molar-refractivity contribution in [2.45, 2.75) is 24.7 Å². The fraction of sp³-hybridized carbons (Fsp3) is 0.235. The first kappa shape index (κ1) is 16.7. The van der Waals surface area contributed by atoms with Crippen LogP contribution in [0.15, 0.2) is 47.4 Å². The van der Waals surface area contributed by atoms with Crippen LogP contribution in [0.5, 0.6) is 11.5 Å². The zero-order valence-electron chi connectivity index (χ0n) is 12.3. The summed E-state index contributed by atoms with van der Waals surface area (Å²) in [4.78, 5) is 12.0. The molecule has 3 nitrogen and oxygen atoms in total. The van der Waals surface area contributed by atoms with Gasteiger partial charge in [0.1, 0.15) is 5.75 Å². The molecule has 0 spiro atoms. The Labute approximate surface area is 141 Å². The Hall–Kier alpha value is -1.65. The Kier molecular flexibility index (Phi) is 6.16. The number of rotatable bonds is 7. The molecule has 0 unspecified atom stereocenters. The monoisotopic (exact) mass is 335 g/mol. The van der Waals surface area contributed by atoms with Crippen molar-refractivity contribution in [3.63, 3.8) is 0 Å². The highest BCUT2D eigenvalue weighted by Crippen LogP contribution is 2.37. The summed E-state index contributed by atoms with van der Waals surface area (Å²) in [6.45, 7) is 2.90. The minimum Gasteiger partial charge on any atom is -0.454 e. The van der Waals surface area contributed by atoms with Crippen molar-refractivity contribution >= 4 is 35.2 Å². The molecule has 22 heavy (non-hydrogen) atoms. The lowest BCUT2D eigenvalue weighted by Gasteiger charge is -2.16. The predicted octanol–water partition coefficient (Wildman–Crippen LogP) is 5.36. The van der Waals surface area contributed by atoms with E-state index >= 15 is 0 Å². The third kappa shape index (κ3) is 4.42. The van der Waals surface area contributed by atoms with Crippen LogP contribution in [0.1, 0.15) is 30.1 Å². The molecule has 2 aromatic rings. The van der Waals surface area contributed by atoms with Gasteiger partial charge in [-0.05, 0) is 42.3 Å². The molecule has 0 radical (unpaired) electrons. The van der Waals surface area contributed by atoms with Gasteiger partial charge in [0.25, 0.3) is 5.24 Å². The number of nitrogens with one attached hydrogen (secondary N) is 1. The molecule has 0 fully saturated rings. The van der Waals surface area contributed by atoms with Gasteiger partial charge in [0.15, 0.2) is 5.75 Å². The van der Waals surface area contributed by atoms with Crippen molar-refractivity contribution < 1.29 is 9.53 Å². The Bertz CT molecular complexity index is 647. The minimum absolute atomic E-state index is 0.395. The predicted molar refractivity (Wildman–Crippen MR) is 93.8 cm³/mol. The van der Waals surface area contributed by atoms with E-state index in [0.29, 0.717) is 27.6 Å². The first-order chi connectivity index (χ1) is 10.6. The van der Waals surface area contributed by atoms with Crippen molar-refractivity contribution in [1.82, 2.24) is 0 Å². The maximum absolute atomic E-state index is 11.4. The molecule has 0 saturated heterocycles. The smallest absolute Gasteiger partial charge is 0.252 e. The van der Waals surface area contributed by atoms with Crippen LogP contribution in [0.2, 0.25) is 0 Å².